The van der Waals surface area contributed by atoms with Crippen LogP contribution in [0.5, 0.6) is 0 Å². The maximum absolute atomic E-state index is 13.4. The first-order valence-electron chi connectivity index (χ1n) is 10.3. The van der Waals surface area contributed by atoms with E-state index in [1.165, 1.54) is 0 Å². The predicted octanol–water partition coefficient (Wildman–Crippen LogP) is 3.39. The SMILES string of the molecule is CCOC(=O)[C@@H]1CCCN(C(=O)c2cnn(-c3ccc(C)cc3)c2-n2cccc2)C1. The Labute approximate surface area is 175 Å². The maximum Gasteiger partial charge on any atom is 0.310 e. The van der Waals surface area contributed by atoms with Crippen molar-refractivity contribution in [3.05, 3.63) is 66.1 Å². The molecule has 156 valence electrons. The number of carbonyl (C=O) groups excluding carboxylic acids is 2. The molecule has 2 aromatic heterocycles. The first-order valence-corrected chi connectivity index (χ1v) is 10.3. The van der Waals surface area contributed by atoms with E-state index in [2.05, 4.69) is 5.10 Å². The van der Waals surface area contributed by atoms with Gasteiger partial charge in [0.2, 0.25) is 0 Å². The van der Waals surface area contributed by atoms with E-state index in [1.807, 2.05) is 60.3 Å². The minimum Gasteiger partial charge on any atom is -0.466 e. The molecule has 3 aromatic rings. The molecule has 7 nitrogen and oxygen atoms in total. The lowest BCUT2D eigenvalue weighted by atomic mass is 9.97. The Morgan fingerprint density at radius 1 is 1.17 bits per heavy atom. The highest BCUT2D eigenvalue weighted by Crippen LogP contribution is 2.25. The summed E-state index contributed by atoms with van der Waals surface area (Å²) in [6.07, 6.45) is 6.94. The number of ether oxygens (including phenoxy) is 1. The minimum absolute atomic E-state index is 0.119. The molecule has 1 fully saturated rings. The second-order valence-electron chi connectivity index (χ2n) is 7.56. The molecular weight excluding hydrogens is 380 g/mol. The number of hydrogen-bond donors (Lipinski definition) is 0. The van der Waals surface area contributed by atoms with E-state index in [4.69, 9.17) is 4.74 Å². The van der Waals surface area contributed by atoms with Crippen molar-refractivity contribution in [3.8, 4) is 11.5 Å². The average molecular weight is 406 g/mol. The molecule has 1 atom stereocenters. The van der Waals surface area contributed by atoms with Crippen molar-refractivity contribution in [3.63, 3.8) is 0 Å². The smallest absolute Gasteiger partial charge is 0.310 e. The van der Waals surface area contributed by atoms with Crippen LogP contribution in [0.2, 0.25) is 0 Å². The number of nitrogens with zero attached hydrogens (tertiary/aromatic N) is 4. The molecule has 1 amide bonds. The molecule has 0 radical (unpaired) electrons. The fraction of sp³-hybridized carbons (Fsp3) is 0.348. The zero-order chi connectivity index (χ0) is 21.1. The predicted molar refractivity (Wildman–Crippen MR) is 113 cm³/mol. The van der Waals surface area contributed by atoms with E-state index < -0.39 is 0 Å². The van der Waals surface area contributed by atoms with Crippen LogP contribution in [0, 0.1) is 12.8 Å². The van der Waals surface area contributed by atoms with Gasteiger partial charge in [-0.05, 0) is 51.0 Å². The van der Waals surface area contributed by atoms with Crippen molar-refractivity contribution < 1.29 is 14.3 Å². The lowest BCUT2D eigenvalue weighted by Gasteiger charge is -2.31. The molecule has 3 heterocycles. The van der Waals surface area contributed by atoms with Crippen LogP contribution in [-0.4, -0.2) is 50.8 Å². The largest absolute Gasteiger partial charge is 0.466 e. The van der Waals surface area contributed by atoms with Crippen LogP contribution in [0.15, 0.2) is 55.0 Å². The Kier molecular flexibility index (Phi) is 5.70. The molecule has 1 aliphatic heterocycles. The van der Waals surface area contributed by atoms with E-state index in [1.54, 1.807) is 22.7 Å². The number of rotatable bonds is 5. The molecule has 0 aliphatic carbocycles. The van der Waals surface area contributed by atoms with Crippen LogP contribution >= 0.6 is 0 Å². The molecule has 4 rings (SSSR count). The molecule has 7 heteroatoms. The van der Waals surface area contributed by atoms with E-state index in [0.717, 1.165) is 24.1 Å². The third-order valence-electron chi connectivity index (χ3n) is 5.43. The van der Waals surface area contributed by atoms with Gasteiger partial charge < -0.3 is 14.2 Å². The zero-order valence-electron chi connectivity index (χ0n) is 17.3. The molecule has 0 unspecified atom stereocenters. The first-order chi connectivity index (χ1) is 14.6. The van der Waals surface area contributed by atoms with Crippen LogP contribution in [0.3, 0.4) is 0 Å². The highest BCUT2D eigenvalue weighted by atomic mass is 16.5. The molecule has 0 bridgehead atoms. The van der Waals surface area contributed by atoms with Crippen molar-refractivity contribution in [2.24, 2.45) is 5.92 Å². The van der Waals surface area contributed by atoms with Crippen LogP contribution < -0.4 is 0 Å². The van der Waals surface area contributed by atoms with Gasteiger partial charge in [-0.25, -0.2) is 4.68 Å². The molecule has 1 aromatic carbocycles. The minimum atomic E-state index is -0.273. The summed E-state index contributed by atoms with van der Waals surface area (Å²) in [5.41, 5.74) is 2.55. The van der Waals surface area contributed by atoms with Gasteiger partial charge in [0.25, 0.3) is 5.91 Å². The molecule has 0 spiro atoms. The Morgan fingerprint density at radius 2 is 1.90 bits per heavy atom. The summed E-state index contributed by atoms with van der Waals surface area (Å²) in [6, 6.07) is 11.8. The second-order valence-corrected chi connectivity index (χ2v) is 7.56. The number of likely N-dealkylation sites (tertiary alicyclic amines) is 1. The van der Waals surface area contributed by atoms with Gasteiger partial charge in [-0.15, -0.1) is 0 Å². The summed E-state index contributed by atoms with van der Waals surface area (Å²) in [4.78, 5) is 27.4. The Morgan fingerprint density at radius 3 is 2.60 bits per heavy atom. The highest BCUT2D eigenvalue weighted by Gasteiger charge is 2.32. The normalized spacial score (nSPS) is 16.5. The van der Waals surface area contributed by atoms with E-state index >= 15 is 0 Å². The zero-order valence-corrected chi connectivity index (χ0v) is 17.3. The van der Waals surface area contributed by atoms with Crippen molar-refractivity contribution in [1.82, 2.24) is 19.2 Å². The van der Waals surface area contributed by atoms with Gasteiger partial charge in [0, 0.05) is 25.5 Å². The molecule has 1 aliphatic rings. The fourth-order valence-electron chi connectivity index (χ4n) is 3.88. The summed E-state index contributed by atoms with van der Waals surface area (Å²) in [6.45, 7) is 5.18. The second kappa shape index (κ2) is 8.57. The molecule has 0 saturated carbocycles. The van der Waals surface area contributed by atoms with Gasteiger partial charge in [0.15, 0.2) is 5.82 Å². The monoisotopic (exact) mass is 406 g/mol. The lowest BCUT2D eigenvalue weighted by Crippen LogP contribution is -2.43. The average Bonchev–Trinajstić information content (AvgIpc) is 3.44. The summed E-state index contributed by atoms with van der Waals surface area (Å²) >= 11 is 0. The molecule has 0 N–H and O–H groups in total. The Bertz CT molecular complexity index is 1020. The van der Waals surface area contributed by atoms with Crippen LogP contribution in [-0.2, 0) is 9.53 Å². The van der Waals surface area contributed by atoms with Gasteiger partial charge in [-0.2, -0.15) is 5.10 Å². The van der Waals surface area contributed by atoms with Crippen molar-refractivity contribution in [1.29, 1.82) is 0 Å². The van der Waals surface area contributed by atoms with Gasteiger partial charge in [0.05, 0.1) is 24.4 Å². The van der Waals surface area contributed by atoms with Crippen LogP contribution in [0.25, 0.3) is 11.5 Å². The summed E-state index contributed by atoms with van der Waals surface area (Å²) in [5, 5.41) is 4.53. The third-order valence-corrected chi connectivity index (χ3v) is 5.43. The number of benzene rings is 1. The van der Waals surface area contributed by atoms with Crippen molar-refractivity contribution >= 4 is 11.9 Å². The number of amides is 1. The van der Waals surface area contributed by atoms with Crippen molar-refractivity contribution in [2.75, 3.05) is 19.7 Å². The number of carbonyl (C=O) groups is 2. The molecule has 1 saturated heterocycles. The van der Waals surface area contributed by atoms with Gasteiger partial charge in [-0.3, -0.25) is 9.59 Å². The standard InChI is InChI=1S/C23H26N4O3/c1-3-30-23(29)18-7-6-14-26(16-18)22(28)20-15-24-27(19-10-8-17(2)9-11-19)21(20)25-12-4-5-13-25/h4-5,8-13,15,18H,3,6-7,14,16H2,1-2H3/t18-/m1/s1. The highest BCUT2D eigenvalue weighted by molar-refractivity contribution is 5.97. The number of aryl methyl sites for hydroxylation is 1. The summed E-state index contributed by atoms with van der Waals surface area (Å²) < 4.78 is 8.84. The van der Waals surface area contributed by atoms with Crippen molar-refractivity contribution in [2.45, 2.75) is 26.7 Å². The number of piperidine rings is 1. The van der Waals surface area contributed by atoms with Crippen LogP contribution in [0.1, 0.15) is 35.7 Å². The third kappa shape index (κ3) is 3.87. The quantitative estimate of drug-likeness (QED) is 0.609. The lowest BCUT2D eigenvalue weighted by molar-refractivity contribution is -0.149. The molecule has 30 heavy (non-hydrogen) atoms. The summed E-state index contributed by atoms with van der Waals surface area (Å²) in [5.74, 6) is 0.0685. The van der Waals surface area contributed by atoms with E-state index in [9.17, 15) is 9.59 Å². The van der Waals surface area contributed by atoms with Gasteiger partial charge in [0.1, 0.15) is 5.56 Å². The van der Waals surface area contributed by atoms with Crippen LogP contribution in [0.4, 0.5) is 0 Å². The van der Waals surface area contributed by atoms with E-state index in [0.29, 0.717) is 31.1 Å². The Balaban J connectivity index is 1.68. The van der Waals surface area contributed by atoms with E-state index in [-0.39, 0.29) is 17.8 Å². The van der Waals surface area contributed by atoms with Gasteiger partial charge in [-0.1, -0.05) is 17.7 Å². The molecular formula is C23H26N4O3. The maximum atomic E-state index is 13.4. The Hall–Kier alpha value is -3.35. The number of hydrogen-bond acceptors (Lipinski definition) is 4. The fourth-order valence-corrected chi connectivity index (χ4v) is 3.88. The topological polar surface area (TPSA) is 69.4 Å². The summed E-state index contributed by atoms with van der Waals surface area (Å²) in [7, 11) is 0. The number of aromatic nitrogens is 3. The van der Waals surface area contributed by atoms with Gasteiger partial charge >= 0.3 is 5.97 Å². The number of esters is 1. The first kappa shape index (κ1) is 19.9.